The first-order valence-corrected chi connectivity index (χ1v) is 25.8. The molecule has 68 heavy (non-hydrogen) atoms. The number of amides is 2. The molecule has 2 aromatic rings. The smallest absolute Gasteiger partial charge is 0.405 e. The summed E-state index contributed by atoms with van der Waals surface area (Å²) >= 11 is 0. The number of rotatable bonds is 29. The number of benzene rings is 2. The number of carbonyl (C=O) groups excluding carboxylic acids is 6. The minimum absolute atomic E-state index is 0.000443. The third kappa shape index (κ3) is 14.1. The van der Waals surface area contributed by atoms with Crippen molar-refractivity contribution in [3.8, 4) is 11.1 Å². The predicted octanol–water partition coefficient (Wildman–Crippen LogP) is 8.82. The van der Waals surface area contributed by atoms with Gasteiger partial charge < -0.3 is 30.8 Å². The zero-order valence-electron chi connectivity index (χ0n) is 42.6. The van der Waals surface area contributed by atoms with Gasteiger partial charge in [-0.3, -0.25) is 28.8 Å². The van der Waals surface area contributed by atoms with E-state index in [0.717, 1.165) is 43.2 Å². The van der Waals surface area contributed by atoms with E-state index in [1.165, 1.54) is 12.5 Å². The Kier molecular flexibility index (Phi) is 19.9. The lowest BCUT2D eigenvalue weighted by Gasteiger charge is -2.64. The Morgan fingerprint density at radius 1 is 0.794 bits per heavy atom. The van der Waals surface area contributed by atoms with Crippen molar-refractivity contribution in [1.29, 1.82) is 0 Å². The first kappa shape index (κ1) is 54.9. The molecule has 1 unspecified atom stereocenters. The molecular weight excluding hydrogens is 857 g/mol. The van der Waals surface area contributed by atoms with Crippen LogP contribution in [0.5, 0.6) is 0 Å². The van der Waals surface area contributed by atoms with Crippen LogP contribution in [0.25, 0.3) is 11.1 Å². The van der Waals surface area contributed by atoms with Crippen molar-refractivity contribution in [3.63, 3.8) is 0 Å². The van der Waals surface area contributed by atoms with Crippen molar-refractivity contribution in [2.75, 3.05) is 6.54 Å². The topological polar surface area (TPSA) is 191 Å². The van der Waals surface area contributed by atoms with Gasteiger partial charge in [-0.25, -0.2) is 0 Å². The highest BCUT2D eigenvalue weighted by atomic mass is 16.7. The van der Waals surface area contributed by atoms with Crippen LogP contribution in [-0.4, -0.2) is 83.6 Å². The first-order chi connectivity index (χ1) is 32.2. The van der Waals surface area contributed by atoms with Crippen molar-refractivity contribution >= 4 is 42.1 Å². The molecule has 374 valence electrons. The quantitative estimate of drug-likeness (QED) is 0.0348. The van der Waals surface area contributed by atoms with Gasteiger partial charge in [0.25, 0.3) is 0 Å². The molecule has 3 saturated carbocycles. The number of carbonyl (C=O) groups is 6. The molecule has 4 aliphatic rings. The maximum Gasteiger partial charge on any atom is 0.461 e. The van der Waals surface area contributed by atoms with E-state index in [1.54, 1.807) is 6.92 Å². The molecule has 4 fully saturated rings. The maximum atomic E-state index is 13.9. The van der Waals surface area contributed by atoms with Crippen LogP contribution in [0.2, 0.25) is 5.82 Å². The molecule has 2 aromatic carbocycles. The highest BCUT2D eigenvalue weighted by Gasteiger charge is 2.68. The molecule has 1 saturated heterocycles. The van der Waals surface area contributed by atoms with Crippen molar-refractivity contribution in [2.45, 2.75) is 194 Å². The number of unbranched alkanes of at least 4 members (excludes halogenated alkanes) is 2. The second-order valence-corrected chi connectivity index (χ2v) is 21.9. The van der Waals surface area contributed by atoms with Gasteiger partial charge >= 0.3 is 7.12 Å². The summed E-state index contributed by atoms with van der Waals surface area (Å²) in [5, 5.41) is 16.3. The Morgan fingerprint density at radius 3 is 2.06 bits per heavy atom. The first-order valence-electron chi connectivity index (χ1n) is 25.8. The Morgan fingerprint density at radius 2 is 1.46 bits per heavy atom. The molecule has 2 bridgehead atoms. The molecule has 3 aliphatic carbocycles. The standard InChI is InChI=1S/C55H82BN3O9/c1-10-11-15-38-19-21-39(22-20-38)40-23-25-41(26-24-40)46(62)18-14-17-44(61)31-42(16-12-13-27-57)53(66)59-51(37(6)60)48(64)29-35(4)52(65)58-45(28-34(2)3)47(63)30-36(5)56-67-50-33-43-32-49(54(43,7)8)55(50,9)68-56/h19-26,34-37,42-43,45,49-51,60H,10-18,27-33,57H2,1-9H3,(H,58,65)(H,59,66)/t35-,36-,37-,42-,43+,45+,49+,50?,51+,55+/m1/s1. The molecule has 6 rings (SSSR count). The van der Waals surface area contributed by atoms with Crippen LogP contribution in [0.3, 0.4) is 0 Å². The number of aliphatic hydroxyl groups is 1. The lowest BCUT2D eigenvalue weighted by molar-refractivity contribution is -0.199. The van der Waals surface area contributed by atoms with Gasteiger partial charge in [-0.2, -0.15) is 0 Å². The third-order valence-corrected chi connectivity index (χ3v) is 15.5. The molecule has 5 N–H and O–H groups in total. The average molecular weight is 940 g/mol. The lowest BCUT2D eigenvalue weighted by Crippen LogP contribution is -2.65. The molecule has 0 spiro atoms. The Balaban J connectivity index is 1.10. The Hall–Kier alpha value is -4.04. The van der Waals surface area contributed by atoms with Crippen LogP contribution >= 0.6 is 0 Å². The van der Waals surface area contributed by atoms with Crippen LogP contribution < -0.4 is 16.4 Å². The summed E-state index contributed by atoms with van der Waals surface area (Å²) in [5.74, 6) is -2.69. The highest BCUT2D eigenvalue weighted by molar-refractivity contribution is 6.47. The van der Waals surface area contributed by atoms with Crippen LogP contribution in [0, 0.1) is 35.0 Å². The molecule has 0 aromatic heterocycles. The van der Waals surface area contributed by atoms with Gasteiger partial charge in [0.05, 0.1) is 23.9 Å². The number of Topliss-reactive ketones (excluding diaryl/α,β-unsaturated/α-hetero) is 4. The molecule has 0 radical (unpaired) electrons. The monoisotopic (exact) mass is 940 g/mol. The van der Waals surface area contributed by atoms with E-state index in [-0.39, 0.29) is 78.3 Å². The average Bonchev–Trinajstić information content (AvgIpc) is 3.67. The van der Waals surface area contributed by atoms with E-state index in [0.29, 0.717) is 56.0 Å². The predicted molar refractivity (Wildman–Crippen MR) is 268 cm³/mol. The van der Waals surface area contributed by atoms with Gasteiger partial charge in [0.1, 0.15) is 11.8 Å². The number of hydrogen-bond acceptors (Lipinski definition) is 10. The van der Waals surface area contributed by atoms with Gasteiger partial charge in [-0.05, 0) is 117 Å². The number of ketones is 4. The van der Waals surface area contributed by atoms with Gasteiger partial charge in [-0.15, -0.1) is 0 Å². The second-order valence-electron chi connectivity index (χ2n) is 21.9. The van der Waals surface area contributed by atoms with Crippen molar-refractivity contribution in [2.24, 2.45) is 40.7 Å². The van der Waals surface area contributed by atoms with E-state index in [9.17, 15) is 33.9 Å². The van der Waals surface area contributed by atoms with Crippen LogP contribution in [-0.2, 0) is 39.7 Å². The number of aliphatic hydroxyl groups excluding tert-OH is 1. The highest BCUT2D eigenvalue weighted by Crippen LogP contribution is 2.66. The van der Waals surface area contributed by atoms with E-state index in [2.05, 4.69) is 62.6 Å². The van der Waals surface area contributed by atoms with Crippen molar-refractivity contribution in [1.82, 2.24) is 10.6 Å². The van der Waals surface area contributed by atoms with Gasteiger partial charge in [0.15, 0.2) is 17.3 Å². The lowest BCUT2D eigenvalue weighted by atomic mass is 9.43. The van der Waals surface area contributed by atoms with Crippen molar-refractivity contribution in [3.05, 3.63) is 59.7 Å². The fourth-order valence-corrected chi connectivity index (χ4v) is 10.9. The van der Waals surface area contributed by atoms with Gasteiger partial charge in [0, 0.05) is 49.5 Å². The zero-order valence-corrected chi connectivity index (χ0v) is 42.6. The number of nitrogens with one attached hydrogen (secondary N) is 2. The summed E-state index contributed by atoms with van der Waals surface area (Å²) in [5.41, 5.74) is 9.54. The molecule has 13 heteroatoms. The summed E-state index contributed by atoms with van der Waals surface area (Å²) in [6.07, 6.45) is 6.56. The third-order valence-electron chi connectivity index (χ3n) is 15.5. The largest absolute Gasteiger partial charge is 0.461 e. The number of nitrogens with two attached hydrogens (primary N) is 1. The normalized spacial score (nSPS) is 23.1. The zero-order chi connectivity index (χ0) is 49.9. The fraction of sp³-hybridized carbons (Fsp3) is 0.673. The molecule has 2 amide bonds. The molecule has 1 aliphatic heterocycles. The van der Waals surface area contributed by atoms with Gasteiger partial charge in [-0.1, -0.05) is 110 Å². The van der Waals surface area contributed by atoms with E-state index < -0.39 is 54.7 Å². The van der Waals surface area contributed by atoms with Crippen LogP contribution in [0.1, 0.15) is 168 Å². The molecule has 1 heterocycles. The number of hydrogen-bond donors (Lipinski definition) is 4. The second kappa shape index (κ2) is 24.7. The summed E-state index contributed by atoms with van der Waals surface area (Å²) in [6, 6.07) is 13.9. The number of aryl methyl sites for hydroxylation is 1. The molecule has 12 nitrogen and oxygen atoms in total. The van der Waals surface area contributed by atoms with E-state index in [4.69, 9.17) is 15.0 Å². The van der Waals surface area contributed by atoms with Crippen LogP contribution in [0.4, 0.5) is 0 Å². The minimum atomic E-state index is -1.32. The fourth-order valence-electron chi connectivity index (χ4n) is 10.9. The Bertz CT molecular complexity index is 2040. The summed E-state index contributed by atoms with van der Waals surface area (Å²) in [6.45, 7) is 18.3. The summed E-state index contributed by atoms with van der Waals surface area (Å²) in [7, 11) is -0.517. The van der Waals surface area contributed by atoms with Crippen molar-refractivity contribution < 1.29 is 43.2 Å². The summed E-state index contributed by atoms with van der Waals surface area (Å²) in [4.78, 5) is 81.4. The van der Waals surface area contributed by atoms with Gasteiger partial charge in [0.2, 0.25) is 11.8 Å². The SMILES string of the molecule is CCCCc1ccc(-c2ccc(C(=O)CCCC(=O)C[C@@H](CCCCN)C(=O)N[C@H](C(=O)C[C@@H](C)C(=O)N[C@@H](CC(C)C)C(=O)C[C@@H](C)B3OC4C[C@@H]5C[C@@H](C5(C)C)[C@]4(C)O3)[C@@H](C)O)cc2)cc1. The maximum absolute atomic E-state index is 13.9. The minimum Gasteiger partial charge on any atom is -0.405 e. The van der Waals surface area contributed by atoms with E-state index in [1.807, 2.05) is 45.0 Å². The Labute approximate surface area is 406 Å². The summed E-state index contributed by atoms with van der Waals surface area (Å²) < 4.78 is 13.1. The van der Waals surface area contributed by atoms with E-state index >= 15 is 0 Å². The van der Waals surface area contributed by atoms with Crippen LogP contribution in [0.15, 0.2) is 48.5 Å². The molecule has 10 atom stereocenters. The molecular formula is C55H82BN3O9.